The number of anilines is 3. The zero-order chi connectivity index (χ0) is 25.6. The lowest BCUT2D eigenvalue weighted by molar-refractivity contribution is 0.0997. The monoisotopic (exact) mass is 545 g/mol. The van der Waals surface area contributed by atoms with Gasteiger partial charge in [-0.1, -0.05) is 36.0 Å². The van der Waals surface area contributed by atoms with E-state index in [9.17, 15) is 4.79 Å². The van der Waals surface area contributed by atoms with Crippen LogP contribution in [0.5, 0.6) is 0 Å². The van der Waals surface area contributed by atoms with Gasteiger partial charge in [-0.25, -0.2) is 9.78 Å². The van der Waals surface area contributed by atoms with Crippen LogP contribution in [0.2, 0.25) is 10.0 Å². The Bertz CT molecular complexity index is 1050. The second-order valence-electron chi connectivity index (χ2n) is 10.4. The van der Waals surface area contributed by atoms with Gasteiger partial charge in [-0.2, -0.15) is 4.98 Å². The van der Waals surface area contributed by atoms with Gasteiger partial charge >= 0.3 is 6.03 Å². The summed E-state index contributed by atoms with van der Waals surface area (Å²) in [5, 5.41) is 7.54. The summed E-state index contributed by atoms with van der Waals surface area (Å²) >= 11 is 12.2. The summed E-state index contributed by atoms with van der Waals surface area (Å²) in [6.07, 6.45) is 11.2. The van der Waals surface area contributed by atoms with Gasteiger partial charge in [0.05, 0.1) is 10.7 Å². The highest BCUT2D eigenvalue weighted by molar-refractivity contribution is 6.36. The lowest BCUT2D eigenvalue weighted by Crippen LogP contribution is -2.52. The standard InChI is InChI=1S/C27H37Cl2N7O/c28-20-7-8-24(23(29)18-20)32-27(37)35-16-10-22(11-17-35)36-15-5-6-21(19-36)31-26-30-12-9-25(33-26)34-13-3-1-2-4-14-34/h7-9,12,18,21-22H,1-6,10-11,13-17,19H2,(H,32,37)(H,30,31,33). The van der Waals surface area contributed by atoms with Gasteiger partial charge in [-0.15, -0.1) is 0 Å². The molecule has 3 aliphatic heterocycles. The van der Waals surface area contributed by atoms with Gasteiger partial charge in [-0.3, -0.25) is 4.90 Å². The Morgan fingerprint density at radius 3 is 2.46 bits per heavy atom. The smallest absolute Gasteiger partial charge is 0.321 e. The summed E-state index contributed by atoms with van der Waals surface area (Å²) in [5.41, 5.74) is 0.588. The molecule has 1 unspecified atom stereocenters. The van der Waals surface area contributed by atoms with Gasteiger partial charge in [0.15, 0.2) is 0 Å². The molecular weight excluding hydrogens is 509 g/mol. The number of urea groups is 1. The van der Waals surface area contributed by atoms with Crippen LogP contribution in [0.3, 0.4) is 0 Å². The van der Waals surface area contributed by atoms with Gasteiger partial charge in [0.1, 0.15) is 5.82 Å². The number of rotatable bonds is 5. The molecule has 0 saturated carbocycles. The number of amides is 2. The van der Waals surface area contributed by atoms with Crippen molar-refractivity contribution in [2.75, 3.05) is 54.8 Å². The minimum atomic E-state index is -0.109. The van der Waals surface area contributed by atoms with Crippen LogP contribution < -0.4 is 15.5 Å². The van der Waals surface area contributed by atoms with Crippen molar-refractivity contribution in [3.8, 4) is 0 Å². The fourth-order valence-corrected chi connectivity index (χ4v) is 6.21. The van der Waals surface area contributed by atoms with Crippen LogP contribution in [-0.2, 0) is 0 Å². The maximum absolute atomic E-state index is 12.8. The summed E-state index contributed by atoms with van der Waals surface area (Å²) in [7, 11) is 0. The highest BCUT2D eigenvalue weighted by Gasteiger charge is 2.30. The molecule has 3 saturated heterocycles. The molecule has 1 atom stereocenters. The summed E-state index contributed by atoms with van der Waals surface area (Å²) in [5.74, 6) is 1.78. The van der Waals surface area contributed by atoms with Crippen molar-refractivity contribution < 1.29 is 4.79 Å². The maximum atomic E-state index is 12.8. The first-order valence-electron chi connectivity index (χ1n) is 13.6. The van der Waals surface area contributed by atoms with E-state index < -0.39 is 0 Å². The average molecular weight is 547 g/mol. The van der Waals surface area contributed by atoms with Crippen LogP contribution >= 0.6 is 23.2 Å². The normalized spacial score (nSPS) is 21.9. The number of piperidine rings is 2. The van der Waals surface area contributed by atoms with Crippen molar-refractivity contribution in [2.24, 2.45) is 0 Å². The van der Waals surface area contributed by atoms with E-state index in [1.165, 1.54) is 25.7 Å². The van der Waals surface area contributed by atoms with Crippen molar-refractivity contribution in [1.82, 2.24) is 19.8 Å². The molecule has 2 aromatic rings. The van der Waals surface area contributed by atoms with Crippen LogP contribution in [0.25, 0.3) is 0 Å². The third-order valence-corrected chi connectivity index (χ3v) is 8.35. The molecule has 10 heteroatoms. The summed E-state index contributed by atoms with van der Waals surface area (Å²) < 4.78 is 0. The number of benzene rings is 1. The number of aromatic nitrogens is 2. The Kier molecular flexibility index (Phi) is 8.89. The van der Waals surface area contributed by atoms with Gasteiger partial charge in [-0.05, 0) is 69.3 Å². The first-order chi connectivity index (χ1) is 18.0. The van der Waals surface area contributed by atoms with Gasteiger partial charge in [0.25, 0.3) is 0 Å². The number of halogens is 2. The predicted octanol–water partition coefficient (Wildman–Crippen LogP) is 5.74. The van der Waals surface area contributed by atoms with Crippen LogP contribution in [0.1, 0.15) is 51.4 Å². The predicted molar refractivity (Wildman–Crippen MR) is 151 cm³/mol. The molecule has 2 N–H and O–H groups in total. The highest BCUT2D eigenvalue weighted by Crippen LogP contribution is 2.27. The maximum Gasteiger partial charge on any atom is 0.321 e. The first kappa shape index (κ1) is 26.3. The first-order valence-corrected chi connectivity index (χ1v) is 14.4. The van der Waals surface area contributed by atoms with E-state index in [2.05, 4.69) is 25.4 Å². The summed E-state index contributed by atoms with van der Waals surface area (Å²) in [4.78, 5) is 29.0. The van der Waals surface area contributed by atoms with Gasteiger partial charge in [0.2, 0.25) is 5.95 Å². The van der Waals surface area contributed by atoms with Crippen molar-refractivity contribution in [3.63, 3.8) is 0 Å². The highest BCUT2D eigenvalue weighted by atomic mass is 35.5. The number of hydrogen-bond donors (Lipinski definition) is 2. The molecular formula is C27H37Cl2N7O. The third-order valence-electron chi connectivity index (χ3n) is 7.80. The zero-order valence-electron chi connectivity index (χ0n) is 21.3. The summed E-state index contributed by atoms with van der Waals surface area (Å²) in [6.45, 7) is 5.71. The Balaban J connectivity index is 1.11. The average Bonchev–Trinajstić information content (AvgIpc) is 3.21. The fraction of sp³-hybridized carbons (Fsp3) is 0.593. The number of nitrogens with zero attached hydrogens (tertiary/aromatic N) is 5. The van der Waals surface area contributed by atoms with E-state index in [0.717, 1.165) is 76.7 Å². The van der Waals surface area contributed by atoms with E-state index >= 15 is 0 Å². The second-order valence-corrected chi connectivity index (χ2v) is 11.2. The van der Waals surface area contributed by atoms with E-state index in [-0.39, 0.29) is 6.03 Å². The Morgan fingerprint density at radius 2 is 1.70 bits per heavy atom. The number of carbonyl (C=O) groups is 1. The van der Waals surface area contributed by atoms with Gasteiger partial charge < -0.3 is 20.4 Å². The van der Waals surface area contributed by atoms with E-state index in [1.807, 2.05) is 17.2 Å². The van der Waals surface area contributed by atoms with Crippen molar-refractivity contribution in [2.45, 2.75) is 63.5 Å². The molecule has 3 aliphatic rings. The molecule has 3 fully saturated rings. The van der Waals surface area contributed by atoms with Crippen molar-refractivity contribution in [1.29, 1.82) is 0 Å². The molecule has 8 nitrogen and oxygen atoms in total. The van der Waals surface area contributed by atoms with E-state index in [1.54, 1.807) is 18.2 Å². The number of carbonyl (C=O) groups excluding carboxylic acids is 1. The largest absolute Gasteiger partial charge is 0.356 e. The lowest BCUT2D eigenvalue weighted by Gasteiger charge is -2.42. The topological polar surface area (TPSA) is 76.6 Å². The summed E-state index contributed by atoms with van der Waals surface area (Å²) in [6, 6.07) is 7.85. The quantitative estimate of drug-likeness (QED) is 0.499. The fourth-order valence-electron chi connectivity index (χ4n) is 5.75. The lowest BCUT2D eigenvalue weighted by atomic mass is 9.98. The van der Waals surface area contributed by atoms with Crippen molar-refractivity contribution in [3.05, 3.63) is 40.5 Å². The van der Waals surface area contributed by atoms with Crippen molar-refractivity contribution >= 4 is 46.7 Å². The minimum absolute atomic E-state index is 0.109. The van der Waals surface area contributed by atoms with Crippen LogP contribution in [0.15, 0.2) is 30.5 Å². The van der Waals surface area contributed by atoms with Gasteiger partial charge in [0, 0.05) is 56.0 Å². The molecule has 0 spiro atoms. The van der Waals surface area contributed by atoms with Crippen LogP contribution in [0, 0.1) is 0 Å². The number of hydrogen-bond acceptors (Lipinski definition) is 6. The third kappa shape index (κ3) is 6.98. The molecule has 0 aliphatic carbocycles. The van der Waals surface area contributed by atoms with E-state index in [4.69, 9.17) is 28.2 Å². The second kappa shape index (κ2) is 12.5. The molecule has 0 radical (unpaired) electrons. The molecule has 5 rings (SSSR count). The Labute approximate surface area is 229 Å². The number of nitrogens with one attached hydrogen (secondary N) is 2. The zero-order valence-corrected chi connectivity index (χ0v) is 22.9. The molecule has 200 valence electrons. The van der Waals surface area contributed by atoms with E-state index in [0.29, 0.717) is 27.8 Å². The Hall–Kier alpha value is -2.29. The Morgan fingerprint density at radius 1 is 0.919 bits per heavy atom. The molecule has 0 bridgehead atoms. The molecule has 37 heavy (non-hydrogen) atoms. The minimum Gasteiger partial charge on any atom is -0.356 e. The SMILES string of the molecule is O=C(Nc1ccc(Cl)cc1Cl)N1CCC(N2CCCC(Nc3nccc(N4CCCCCC4)n3)C2)CC1. The van der Waals surface area contributed by atoms with Crippen LogP contribution in [-0.4, -0.2) is 77.2 Å². The number of likely N-dealkylation sites (tertiary alicyclic amines) is 2. The molecule has 2 amide bonds. The molecule has 1 aromatic heterocycles. The molecule has 4 heterocycles. The van der Waals surface area contributed by atoms with Crippen LogP contribution in [0.4, 0.5) is 22.2 Å². The molecule has 1 aromatic carbocycles.